The number of carbonyl (C=O) groups is 1. The molecule has 2 aliphatic rings. The van der Waals surface area contributed by atoms with Gasteiger partial charge in [0.05, 0.1) is 12.1 Å². The molecular formula is C22H31NO3. The number of ether oxygens (including phenoxy) is 2. The van der Waals surface area contributed by atoms with Crippen LogP contribution in [-0.2, 0) is 16.1 Å². The fraction of sp³-hybridized carbons (Fsp3) is 0.591. The minimum Gasteiger partial charge on any atom is -0.444 e. The largest absolute Gasteiger partial charge is 0.444 e. The van der Waals surface area contributed by atoms with Gasteiger partial charge >= 0.3 is 6.09 Å². The summed E-state index contributed by atoms with van der Waals surface area (Å²) in [4.78, 5) is 14.7. The van der Waals surface area contributed by atoms with Crippen LogP contribution in [0.15, 0.2) is 43.0 Å². The molecule has 2 fully saturated rings. The zero-order valence-corrected chi connectivity index (χ0v) is 16.0. The van der Waals surface area contributed by atoms with E-state index in [4.69, 9.17) is 9.47 Å². The second-order valence-electron chi connectivity index (χ2n) is 7.98. The molecular weight excluding hydrogens is 326 g/mol. The Morgan fingerprint density at radius 1 is 1.27 bits per heavy atom. The topological polar surface area (TPSA) is 38.8 Å². The van der Waals surface area contributed by atoms with E-state index in [2.05, 4.69) is 6.58 Å². The van der Waals surface area contributed by atoms with Crippen LogP contribution in [0, 0.1) is 5.92 Å². The van der Waals surface area contributed by atoms with Crippen LogP contribution < -0.4 is 0 Å². The van der Waals surface area contributed by atoms with Gasteiger partial charge in [0, 0.05) is 0 Å². The summed E-state index contributed by atoms with van der Waals surface area (Å²) >= 11 is 0. The normalized spacial score (nSPS) is 25.8. The van der Waals surface area contributed by atoms with Crippen LogP contribution in [0.5, 0.6) is 0 Å². The minimum atomic E-state index is -0.689. The molecule has 26 heavy (non-hydrogen) atoms. The van der Waals surface area contributed by atoms with Crippen LogP contribution >= 0.6 is 0 Å². The van der Waals surface area contributed by atoms with Crippen LogP contribution in [0.4, 0.5) is 4.79 Å². The third-order valence-corrected chi connectivity index (χ3v) is 5.65. The van der Waals surface area contributed by atoms with Gasteiger partial charge in [-0.25, -0.2) is 4.79 Å². The maximum atomic E-state index is 12.9. The molecule has 4 heteroatoms. The van der Waals surface area contributed by atoms with Gasteiger partial charge in [-0.3, -0.25) is 4.90 Å². The smallest absolute Gasteiger partial charge is 0.412 e. The summed E-state index contributed by atoms with van der Waals surface area (Å²) in [5.74, 6) is 0.651. The molecule has 1 saturated heterocycles. The van der Waals surface area contributed by atoms with Crippen molar-refractivity contribution < 1.29 is 14.3 Å². The molecule has 1 saturated carbocycles. The molecule has 0 radical (unpaired) electrons. The lowest BCUT2D eigenvalue weighted by molar-refractivity contribution is -0.0617. The minimum absolute atomic E-state index is 0.00567. The van der Waals surface area contributed by atoms with Crippen LogP contribution in [0.2, 0.25) is 0 Å². The monoisotopic (exact) mass is 357 g/mol. The van der Waals surface area contributed by atoms with Crippen molar-refractivity contribution in [3.05, 3.63) is 48.6 Å². The van der Waals surface area contributed by atoms with Gasteiger partial charge in [-0.15, -0.1) is 6.58 Å². The number of hydrogen-bond donors (Lipinski definition) is 0. The summed E-state index contributed by atoms with van der Waals surface area (Å²) < 4.78 is 11.8. The molecule has 3 rings (SSSR count). The Kier molecular flexibility index (Phi) is 6.02. The van der Waals surface area contributed by atoms with E-state index in [9.17, 15) is 4.79 Å². The van der Waals surface area contributed by atoms with E-state index in [1.54, 1.807) is 4.90 Å². The van der Waals surface area contributed by atoms with Crippen LogP contribution in [0.1, 0.15) is 57.9 Å². The Labute approximate surface area is 157 Å². The molecule has 2 atom stereocenters. The summed E-state index contributed by atoms with van der Waals surface area (Å²) in [7, 11) is 0. The first-order valence-electron chi connectivity index (χ1n) is 9.81. The highest BCUT2D eigenvalue weighted by Gasteiger charge is 2.50. The third kappa shape index (κ3) is 4.29. The van der Waals surface area contributed by atoms with E-state index < -0.39 is 5.72 Å². The Morgan fingerprint density at radius 3 is 2.62 bits per heavy atom. The maximum Gasteiger partial charge on any atom is 0.412 e. The molecule has 1 amide bonds. The SMILES string of the molecule is C=CC1OC(C)(C)N(C(=O)OCc2ccccc2)[C@H]1CC1CCCCC1. The first-order valence-corrected chi connectivity index (χ1v) is 9.81. The molecule has 0 spiro atoms. The molecule has 0 bridgehead atoms. The summed E-state index contributed by atoms with van der Waals surface area (Å²) in [5.41, 5.74) is 0.300. The van der Waals surface area contributed by atoms with Crippen molar-refractivity contribution in [2.75, 3.05) is 0 Å². The van der Waals surface area contributed by atoms with Crippen molar-refractivity contribution in [1.82, 2.24) is 4.90 Å². The lowest BCUT2D eigenvalue weighted by atomic mass is 9.83. The predicted octanol–water partition coefficient (Wildman–Crippen LogP) is 5.29. The van der Waals surface area contributed by atoms with E-state index >= 15 is 0 Å². The molecule has 1 heterocycles. The Balaban J connectivity index is 1.71. The molecule has 0 aromatic heterocycles. The van der Waals surface area contributed by atoms with Gasteiger partial charge in [-0.05, 0) is 31.7 Å². The van der Waals surface area contributed by atoms with Crippen molar-refractivity contribution in [3.8, 4) is 0 Å². The second kappa shape index (κ2) is 8.26. The van der Waals surface area contributed by atoms with Crippen molar-refractivity contribution in [3.63, 3.8) is 0 Å². The lowest BCUT2D eigenvalue weighted by Crippen LogP contribution is -2.49. The van der Waals surface area contributed by atoms with Gasteiger partial charge in [0.15, 0.2) is 0 Å². The average Bonchev–Trinajstić information content (AvgIpc) is 2.91. The molecule has 1 aromatic carbocycles. The van der Waals surface area contributed by atoms with Gasteiger partial charge in [-0.2, -0.15) is 0 Å². The summed E-state index contributed by atoms with van der Waals surface area (Å²) in [6, 6.07) is 9.78. The first kappa shape index (κ1) is 19.0. The summed E-state index contributed by atoms with van der Waals surface area (Å²) in [5, 5.41) is 0. The van der Waals surface area contributed by atoms with E-state index in [0.29, 0.717) is 5.92 Å². The number of benzene rings is 1. The Bertz CT molecular complexity index is 607. The Morgan fingerprint density at radius 2 is 1.96 bits per heavy atom. The highest BCUT2D eigenvalue weighted by molar-refractivity contribution is 5.69. The van der Waals surface area contributed by atoms with Crippen molar-refractivity contribution in [2.45, 2.75) is 76.9 Å². The fourth-order valence-corrected chi connectivity index (χ4v) is 4.37. The highest BCUT2D eigenvalue weighted by Crippen LogP contribution is 2.39. The summed E-state index contributed by atoms with van der Waals surface area (Å²) in [6.07, 6.45) is 8.75. The van der Waals surface area contributed by atoms with Crippen LogP contribution in [0.3, 0.4) is 0 Å². The number of carbonyl (C=O) groups excluding carboxylic acids is 1. The number of amides is 1. The highest BCUT2D eigenvalue weighted by atomic mass is 16.6. The molecule has 1 unspecified atom stereocenters. The molecule has 142 valence electrons. The van der Waals surface area contributed by atoms with Gasteiger partial charge in [-0.1, -0.05) is 68.5 Å². The number of hydrogen-bond acceptors (Lipinski definition) is 3. The lowest BCUT2D eigenvalue weighted by Gasteiger charge is -2.35. The average molecular weight is 357 g/mol. The molecule has 4 nitrogen and oxygen atoms in total. The standard InChI is InChI=1S/C22H31NO3/c1-4-20-19(15-17-11-7-5-8-12-17)23(22(2,3)26-20)21(24)25-16-18-13-9-6-10-14-18/h4,6,9-10,13-14,17,19-20H,1,5,7-8,11-12,15-16H2,2-3H3/t19-,20?/m0/s1. The van der Waals surface area contributed by atoms with Gasteiger partial charge in [0.2, 0.25) is 0 Å². The van der Waals surface area contributed by atoms with Crippen molar-refractivity contribution >= 4 is 6.09 Å². The second-order valence-corrected chi connectivity index (χ2v) is 7.98. The first-order chi connectivity index (χ1) is 12.5. The number of nitrogens with zero attached hydrogens (tertiary/aromatic N) is 1. The van der Waals surface area contributed by atoms with Gasteiger partial charge in [0.25, 0.3) is 0 Å². The third-order valence-electron chi connectivity index (χ3n) is 5.65. The van der Waals surface area contributed by atoms with E-state index in [1.165, 1.54) is 32.1 Å². The zero-order valence-electron chi connectivity index (χ0n) is 16.0. The van der Waals surface area contributed by atoms with Crippen LogP contribution in [-0.4, -0.2) is 28.9 Å². The van der Waals surface area contributed by atoms with E-state index in [-0.39, 0.29) is 24.8 Å². The zero-order chi connectivity index (χ0) is 18.6. The maximum absolute atomic E-state index is 12.9. The summed E-state index contributed by atoms with van der Waals surface area (Å²) in [6.45, 7) is 8.09. The van der Waals surface area contributed by atoms with Gasteiger partial charge < -0.3 is 9.47 Å². The van der Waals surface area contributed by atoms with E-state index in [0.717, 1.165) is 12.0 Å². The molecule has 1 aliphatic heterocycles. The van der Waals surface area contributed by atoms with Crippen molar-refractivity contribution in [2.24, 2.45) is 5.92 Å². The van der Waals surface area contributed by atoms with Gasteiger partial charge in [0.1, 0.15) is 12.3 Å². The number of rotatable bonds is 5. The molecule has 1 aromatic rings. The van der Waals surface area contributed by atoms with Crippen molar-refractivity contribution in [1.29, 1.82) is 0 Å². The molecule has 0 N–H and O–H groups in total. The predicted molar refractivity (Wildman–Crippen MR) is 103 cm³/mol. The quantitative estimate of drug-likeness (QED) is 0.673. The molecule has 1 aliphatic carbocycles. The van der Waals surface area contributed by atoms with E-state index in [1.807, 2.05) is 50.3 Å². The fourth-order valence-electron chi connectivity index (χ4n) is 4.37. The van der Waals surface area contributed by atoms with Crippen LogP contribution in [0.25, 0.3) is 0 Å². The Hall–Kier alpha value is -1.81.